The number of aryl methyl sites for hydroxylation is 1. The van der Waals surface area contributed by atoms with Gasteiger partial charge in [-0.05, 0) is 49.2 Å². The highest BCUT2D eigenvalue weighted by atomic mass is 35.5. The van der Waals surface area contributed by atoms with E-state index in [2.05, 4.69) is 15.3 Å². The van der Waals surface area contributed by atoms with E-state index in [4.69, 9.17) is 16.3 Å². The Morgan fingerprint density at radius 1 is 1.27 bits per heavy atom. The summed E-state index contributed by atoms with van der Waals surface area (Å²) in [5, 5.41) is 3.29. The van der Waals surface area contributed by atoms with Crippen molar-refractivity contribution in [2.45, 2.75) is 26.4 Å². The number of nitrogens with one attached hydrogen (secondary N) is 2. The highest BCUT2D eigenvalue weighted by Gasteiger charge is 2.23. The number of imidazole rings is 1. The number of H-pyrrole nitrogens is 1. The van der Waals surface area contributed by atoms with Crippen LogP contribution in [-0.2, 0) is 9.53 Å². The van der Waals surface area contributed by atoms with Crippen LogP contribution in [0.4, 0.5) is 5.69 Å². The Morgan fingerprint density at radius 3 is 2.85 bits per heavy atom. The first-order valence-electron chi connectivity index (χ1n) is 8.19. The van der Waals surface area contributed by atoms with Crippen LogP contribution in [0.2, 0.25) is 5.02 Å². The first-order chi connectivity index (χ1) is 12.5. The van der Waals surface area contributed by atoms with Gasteiger partial charge in [-0.15, -0.1) is 0 Å². The van der Waals surface area contributed by atoms with E-state index in [1.807, 2.05) is 13.0 Å². The third-order valence-corrected chi connectivity index (χ3v) is 4.26. The molecule has 1 heterocycles. The molecule has 134 valence electrons. The van der Waals surface area contributed by atoms with E-state index in [0.717, 1.165) is 16.6 Å². The molecule has 1 atom stereocenters. The van der Waals surface area contributed by atoms with Crippen LogP contribution >= 0.6 is 11.6 Å². The number of rotatable bonds is 5. The summed E-state index contributed by atoms with van der Waals surface area (Å²) in [4.78, 5) is 31.9. The van der Waals surface area contributed by atoms with Crippen LogP contribution in [0.15, 0.2) is 42.7 Å². The summed E-state index contributed by atoms with van der Waals surface area (Å²) in [6.07, 6.45) is 0.997. The number of ether oxygens (including phenoxy) is 1. The fourth-order valence-electron chi connectivity index (χ4n) is 2.52. The minimum absolute atomic E-state index is 0.351. The fourth-order valence-corrected chi connectivity index (χ4v) is 2.70. The lowest BCUT2D eigenvalue weighted by Gasteiger charge is -2.17. The molecule has 0 saturated heterocycles. The van der Waals surface area contributed by atoms with Gasteiger partial charge in [0.25, 0.3) is 5.91 Å². The molecule has 1 aromatic heterocycles. The predicted molar refractivity (Wildman–Crippen MR) is 100 cm³/mol. The number of hydrogen-bond donors (Lipinski definition) is 2. The molecule has 3 rings (SSSR count). The van der Waals surface area contributed by atoms with Gasteiger partial charge in [-0.2, -0.15) is 0 Å². The van der Waals surface area contributed by atoms with Crippen LogP contribution < -0.4 is 5.32 Å². The molecule has 26 heavy (non-hydrogen) atoms. The second kappa shape index (κ2) is 7.58. The zero-order chi connectivity index (χ0) is 18.7. The summed E-state index contributed by atoms with van der Waals surface area (Å²) >= 11 is 5.97. The molecular weight excluding hydrogens is 354 g/mol. The van der Waals surface area contributed by atoms with E-state index in [1.165, 1.54) is 0 Å². The maximum absolute atomic E-state index is 12.5. The highest BCUT2D eigenvalue weighted by Crippen LogP contribution is 2.21. The van der Waals surface area contributed by atoms with E-state index in [-0.39, 0.29) is 0 Å². The van der Waals surface area contributed by atoms with Crippen molar-refractivity contribution in [2.24, 2.45) is 0 Å². The van der Waals surface area contributed by atoms with Gasteiger partial charge in [0.15, 0.2) is 6.10 Å². The minimum atomic E-state index is -0.904. The lowest BCUT2D eigenvalue weighted by atomic mass is 10.1. The minimum Gasteiger partial charge on any atom is -0.449 e. The third kappa shape index (κ3) is 3.86. The van der Waals surface area contributed by atoms with Crippen LogP contribution in [0.1, 0.15) is 29.3 Å². The number of hydrogen-bond acceptors (Lipinski definition) is 4. The van der Waals surface area contributed by atoms with Gasteiger partial charge in [0.1, 0.15) is 0 Å². The Labute approximate surface area is 155 Å². The van der Waals surface area contributed by atoms with Gasteiger partial charge in [-0.25, -0.2) is 9.78 Å². The molecule has 1 amide bonds. The van der Waals surface area contributed by atoms with Crippen LogP contribution in [0.25, 0.3) is 11.0 Å². The molecule has 0 fully saturated rings. The van der Waals surface area contributed by atoms with Gasteiger partial charge in [-0.1, -0.05) is 24.6 Å². The number of aromatic nitrogens is 2. The van der Waals surface area contributed by atoms with Crippen molar-refractivity contribution in [1.82, 2.24) is 9.97 Å². The summed E-state index contributed by atoms with van der Waals surface area (Å²) in [6.45, 7) is 3.64. The maximum Gasteiger partial charge on any atom is 0.338 e. The average Bonchev–Trinajstić information content (AvgIpc) is 3.10. The molecule has 0 saturated carbocycles. The van der Waals surface area contributed by atoms with E-state index in [9.17, 15) is 9.59 Å². The Hall–Kier alpha value is -2.86. The maximum atomic E-state index is 12.5. The van der Waals surface area contributed by atoms with Crippen molar-refractivity contribution in [2.75, 3.05) is 5.32 Å². The number of esters is 1. The number of anilines is 1. The Kier molecular flexibility index (Phi) is 5.23. The number of carbonyl (C=O) groups excluding carboxylic acids is 2. The van der Waals surface area contributed by atoms with Crippen LogP contribution in [0.3, 0.4) is 0 Å². The van der Waals surface area contributed by atoms with Gasteiger partial charge < -0.3 is 15.0 Å². The molecule has 2 N–H and O–H groups in total. The third-order valence-electron chi connectivity index (χ3n) is 4.03. The van der Waals surface area contributed by atoms with Crippen molar-refractivity contribution >= 4 is 40.2 Å². The Morgan fingerprint density at radius 2 is 2.08 bits per heavy atom. The summed E-state index contributed by atoms with van der Waals surface area (Å²) in [7, 11) is 0. The quantitative estimate of drug-likeness (QED) is 0.661. The first kappa shape index (κ1) is 17.9. The largest absolute Gasteiger partial charge is 0.449 e. The number of nitrogens with zero attached hydrogens (tertiary/aromatic N) is 1. The molecule has 0 aliphatic heterocycles. The highest BCUT2D eigenvalue weighted by molar-refractivity contribution is 6.31. The van der Waals surface area contributed by atoms with Crippen molar-refractivity contribution in [3.8, 4) is 0 Å². The van der Waals surface area contributed by atoms with Gasteiger partial charge in [0, 0.05) is 10.7 Å². The zero-order valence-electron chi connectivity index (χ0n) is 14.4. The Balaban J connectivity index is 1.72. The van der Waals surface area contributed by atoms with Crippen molar-refractivity contribution in [3.63, 3.8) is 0 Å². The van der Waals surface area contributed by atoms with Crippen molar-refractivity contribution < 1.29 is 14.3 Å². The smallest absolute Gasteiger partial charge is 0.338 e. The SMILES string of the molecule is CCC(OC(=O)c1ccc2nc[nH]c2c1)C(=O)Nc1cc(Cl)ccc1C. The van der Waals surface area contributed by atoms with Gasteiger partial charge in [0.2, 0.25) is 0 Å². The second-order valence-corrected chi connectivity index (χ2v) is 6.32. The van der Waals surface area contributed by atoms with Gasteiger partial charge >= 0.3 is 5.97 Å². The van der Waals surface area contributed by atoms with E-state index < -0.39 is 18.0 Å². The number of carbonyl (C=O) groups is 2. The molecule has 0 aliphatic carbocycles. The molecule has 0 spiro atoms. The van der Waals surface area contributed by atoms with Crippen LogP contribution in [0.5, 0.6) is 0 Å². The predicted octanol–water partition coefficient (Wildman–Crippen LogP) is 4.10. The average molecular weight is 372 g/mol. The zero-order valence-corrected chi connectivity index (χ0v) is 15.1. The summed E-state index contributed by atoms with van der Waals surface area (Å²) < 4.78 is 5.40. The summed E-state index contributed by atoms with van der Waals surface area (Å²) in [5.41, 5.74) is 3.30. The fraction of sp³-hybridized carbons (Fsp3) is 0.211. The molecule has 0 aliphatic rings. The molecule has 0 radical (unpaired) electrons. The number of halogens is 1. The van der Waals surface area contributed by atoms with Crippen molar-refractivity contribution in [3.05, 3.63) is 58.9 Å². The first-order valence-corrected chi connectivity index (χ1v) is 8.57. The molecule has 6 nitrogen and oxygen atoms in total. The molecule has 7 heteroatoms. The van der Waals surface area contributed by atoms with Gasteiger partial charge in [-0.3, -0.25) is 4.79 Å². The van der Waals surface area contributed by atoms with Gasteiger partial charge in [0.05, 0.1) is 22.9 Å². The van der Waals surface area contributed by atoms with Crippen LogP contribution in [-0.4, -0.2) is 27.9 Å². The number of aromatic amines is 1. The normalized spacial score (nSPS) is 12.0. The molecular formula is C19H18ClN3O3. The second-order valence-electron chi connectivity index (χ2n) is 5.89. The lowest BCUT2D eigenvalue weighted by Crippen LogP contribution is -2.32. The van der Waals surface area contributed by atoms with E-state index in [0.29, 0.717) is 22.7 Å². The van der Waals surface area contributed by atoms with E-state index >= 15 is 0 Å². The van der Waals surface area contributed by atoms with Crippen LogP contribution in [0, 0.1) is 6.92 Å². The lowest BCUT2D eigenvalue weighted by molar-refractivity contribution is -0.124. The molecule has 0 bridgehead atoms. The molecule has 2 aromatic carbocycles. The standard InChI is InChI=1S/C19H18ClN3O3/c1-3-17(18(24)23-15-9-13(20)6-4-11(15)2)26-19(25)12-5-7-14-16(8-12)22-10-21-14/h4-10,17H,3H2,1-2H3,(H,21,22)(H,23,24). The Bertz CT molecular complexity index is 968. The summed E-state index contributed by atoms with van der Waals surface area (Å²) in [5.74, 6) is -0.958. The summed E-state index contributed by atoms with van der Waals surface area (Å²) in [6, 6.07) is 10.2. The molecule has 1 unspecified atom stereocenters. The van der Waals surface area contributed by atoms with Crippen molar-refractivity contribution in [1.29, 1.82) is 0 Å². The molecule has 3 aromatic rings. The number of benzene rings is 2. The monoisotopic (exact) mass is 371 g/mol. The number of fused-ring (bicyclic) bond motifs is 1. The topological polar surface area (TPSA) is 84.1 Å². The number of amides is 1. The van der Waals surface area contributed by atoms with E-state index in [1.54, 1.807) is 43.6 Å².